The lowest BCUT2D eigenvalue weighted by Gasteiger charge is -2.41. The van der Waals surface area contributed by atoms with Gasteiger partial charge < -0.3 is 5.73 Å². The highest BCUT2D eigenvalue weighted by Gasteiger charge is 2.37. The zero-order chi connectivity index (χ0) is 12.7. The van der Waals surface area contributed by atoms with Crippen molar-refractivity contribution in [2.75, 3.05) is 0 Å². The van der Waals surface area contributed by atoms with Crippen molar-refractivity contribution in [1.29, 1.82) is 0 Å². The van der Waals surface area contributed by atoms with Crippen molar-refractivity contribution < 1.29 is 4.39 Å². The second-order valence-electron chi connectivity index (χ2n) is 5.94. The predicted molar refractivity (Wildman–Crippen MR) is 69.5 cm³/mol. The van der Waals surface area contributed by atoms with Gasteiger partial charge in [-0.05, 0) is 54.9 Å². The molecule has 1 aromatic carbocycles. The molecular formula is C14H19ClFN. The first-order valence-corrected chi connectivity index (χ1v) is 6.45. The van der Waals surface area contributed by atoms with E-state index in [1.807, 2.05) is 0 Å². The van der Waals surface area contributed by atoms with E-state index in [9.17, 15) is 4.39 Å². The minimum absolute atomic E-state index is 0.265. The Bertz CT molecular complexity index is 418. The van der Waals surface area contributed by atoms with Gasteiger partial charge in [-0.3, -0.25) is 0 Å². The van der Waals surface area contributed by atoms with Crippen LogP contribution in [-0.4, -0.2) is 0 Å². The summed E-state index contributed by atoms with van der Waals surface area (Å²) in [4.78, 5) is 0. The summed E-state index contributed by atoms with van der Waals surface area (Å²) in [6, 6.07) is 4.46. The van der Waals surface area contributed by atoms with Gasteiger partial charge in [-0.2, -0.15) is 0 Å². The van der Waals surface area contributed by atoms with Gasteiger partial charge in [-0.15, -0.1) is 0 Å². The molecule has 0 spiro atoms. The van der Waals surface area contributed by atoms with E-state index in [0.717, 1.165) is 31.2 Å². The van der Waals surface area contributed by atoms with E-state index in [1.54, 1.807) is 6.07 Å². The smallest absolute Gasteiger partial charge is 0.123 e. The Morgan fingerprint density at radius 1 is 1.18 bits per heavy atom. The summed E-state index contributed by atoms with van der Waals surface area (Å²) in [5.74, 6) is -0.265. The third-order valence-corrected chi connectivity index (χ3v) is 4.29. The Labute approximate surface area is 107 Å². The predicted octanol–water partition coefficient (Wildman–Crippen LogP) is 4.23. The lowest BCUT2D eigenvalue weighted by Crippen LogP contribution is -2.42. The molecule has 94 valence electrons. The number of hydrogen-bond acceptors (Lipinski definition) is 1. The molecule has 2 N–H and O–H groups in total. The first kappa shape index (κ1) is 12.8. The molecule has 0 aliphatic heterocycles. The standard InChI is InChI=1S/C14H19ClFN/c1-13(2)5-7-14(17,8-6-13)11-9-10(16)3-4-12(11)15/h3-4,9H,5-8,17H2,1-2H3. The van der Waals surface area contributed by atoms with Crippen molar-refractivity contribution in [2.45, 2.75) is 45.1 Å². The fourth-order valence-corrected chi connectivity index (χ4v) is 2.83. The van der Waals surface area contributed by atoms with E-state index in [4.69, 9.17) is 17.3 Å². The highest BCUT2D eigenvalue weighted by atomic mass is 35.5. The van der Waals surface area contributed by atoms with Crippen LogP contribution in [0.3, 0.4) is 0 Å². The Kier molecular flexibility index (Phi) is 3.21. The average Bonchev–Trinajstić information content (AvgIpc) is 2.26. The summed E-state index contributed by atoms with van der Waals surface area (Å²) >= 11 is 6.14. The van der Waals surface area contributed by atoms with Crippen molar-refractivity contribution in [1.82, 2.24) is 0 Å². The largest absolute Gasteiger partial charge is 0.321 e. The monoisotopic (exact) mass is 255 g/mol. The Hall–Kier alpha value is -0.600. The SMILES string of the molecule is CC1(C)CCC(N)(c2cc(F)ccc2Cl)CC1. The van der Waals surface area contributed by atoms with E-state index in [2.05, 4.69) is 13.8 Å². The van der Waals surface area contributed by atoms with Gasteiger partial charge in [0.15, 0.2) is 0 Å². The molecule has 0 amide bonds. The zero-order valence-electron chi connectivity index (χ0n) is 10.4. The van der Waals surface area contributed by atoms with Gasteiger partial charge in [0.05, 0.1) is 0 Å². The number of benzene rings is 1. The van der Waals surface area contributed by atoms with Gasteiger partial charge in [-0.1, -0.05) is 25.4 Å². The van der Waals surface area contributed by atoms with Crippen LogP contribution in [0.25, 0.3) is 0 Å². The maximum absolute atomic E-state index is 13.3. The molecule has 0 bridgehead atoms. The van der Waals surface area contributed by atoms with Crippen LogP contribution in [0.2, 0.25) is 5.02 Å². The van der Waals surface area contributed by atoms with Crippen LogP contribution in [0, 0.1) is 11.2 Å². The van der Waals surface area contributed by atoms with Crippen molar-refractivity contribution >= 4 is 11.6 Å². The van der Waals surface area contributed by atoms with Crippen molar-refractivity contribution in [2.24, 2.45) is 11.1 Å². The van der Waals surface area contributed by atoms with Gasteiger partial charge in [0.25, 0.3) is 0 Å². The molecule has 0 aromatic heterocycles. The minimum atomic E-state index is -0.464. The maximum Gasteiger partial charge on any atom is 0.123 e. The second-order valence-corrected chi connectivity index (χ2v) is 6.35. The summed E-state index contributed by atoms with van der Waals surface area (Å²) < 4.78 is 13.3. The molecule has 3 heteroatoms. The van der Waals surface area contributed by atoms with Gasteiger partial charge >= 0.3 is 0 Å². The van der Waals surface area contributed by atoms with E-state index in [-0.39, 0.29) is 5.82 Å². The summed E-state index contributed by atoms with van der Waals surface area (Å²) in [5.41, 5.74) is 7.05. The highest BCUT2D eigenvalue weighted by molar-refractivity contribution is 6.31. The molecule has 17 heavy (non-hydrogen) atoms. The van der Waals surface area contributed by atoms with E-state index < -0.39 is 5.54 Å². The molecule has 0 radical (unpaired) electrons. The molecule has 1 nitrogen and oxygen atoms in total. The molecular weight excluding hydrogens is 237 g/mol. The average molecular weight is 256 g/mol. The summed E-state index contributed by atoms with van der Waals surface area (Å²) in [6.45, 7) is 4.50. The first-order valence-electron chi connectivity index (χ1n) is 6.07. The number of hydrogen-bond donors (Lipinski definition) is 1. The third-order valence-electron chi connectivity index (χ3n) is 3.96. The summed E-state index contributed by atoms with van der Waals surface area (Å²) in [5, 5.41) is 0.577. The highest BCUT2D eigenvalue weighted by Crippen LogP contribution is 2.45. The fraction of sp³-hybridized carbons (Fsp3) is 0.571. The Morgan fingerprint density at radius 3 is 2.35 bits per heavy atom. The maximum atomic E-state index is 13.3. The van der Waals surface area contributed by atoms with Gasteiger partial charge in [-0.25, -0.2) is 4.39 Å². The van der Waals surface area contributed by atoms with Crippen LogP contribution in [0.1, 0.15) is 45.1 Å². The molecule has 1 aromatic rings. The third kappa shape index (κ3) is 2.63. The van der Waals surface area contributed by atoms with Crippen LogP contribution in [0.5, 0.6) is 0 Å². The Morgan fingerprint density at radius 2 is 1.76 bits per heavy atom. The summed E-state index contributed by atoms with van der Waals surface area (Å²) in [6.07, 6.45) is 3.83. The molecule has 1 aliphatic rings. The zero-order valence-corrected chi connectivity index (χ0v) is 11.1. The normalized spacial score (nSPS) is 22.4. The molecule has 1 fully saturated rings. The second kappa shape index (κ2) is 4.25. The summed E-state index contributed by atoms with van der Waals surface area (Å²) in [7, 11) is 0. The van der Waals surface area contributed by atoms with Crippen LogP contribution in [-0.2, 0) is 5.54 Å². The van der Waals surface area contributed by atoms with Crippen molar-refractivity contribution in [3.63, 3.8) is 0 Å². The van der Waals surface area contributed by atoms with Crippen LogP contribution in [0.15, 0.2) is 18.2 Å². The van der Waals surface area contributed by atoms with Gasteiger partial charge in [0, 0.05) is 10.6 Å². The van der Waals surface area contributed by atoms with E-state index >= 15 is 0 Å². The van der Waals surface area contributed by atoms with Crippen LogP contribution < -0.4 is 5.73 Å². The number of rotatable bonds is 1. The molecule has 1 saturated carbocycles. The van der Waals surface area contributed by atoms with Crippen LogP contribution >= 0.6 is 11.6 Å². The van der Waals surface area contributed by atoms with E-state index in [0.29, 0.717) is 10.4 Å². The van der Waals surface area contributed by atoms with E-state index in [1.165, 1.54) is 12.1 Å². The fourth-order valence-electron chi connectivity index (χ4n) is 2.52. The minimum Gasteiger partial charge on any atom is -0.321 e. The van der Waals surface area contributed by atoms with Crippen molar-refractivity contribution in [3.8, 4) is 0 Å². The Balaban J connectivity index is 2.30. The topological polar surface area (TPSA) is 26.0 Å². The number of nitrogens with two attached hydrogens (primary N) is 1. The van der Waals surface area contributed by atoms with Gasteiger partial charge in [0.2, 0.25) is 0 Å². The number of halogens is 2. The molecule has 2 rings (SSSR count). The molecule has 1 aliphatic carbocycles. The van der Waals surface area contributed by atoms with Crippen LogP contribution in [0.4, 0.5) is 4.39 Å². The molecule has 0 atom stereocenters. The lowest BCUT2D eigenvalue weighted by atomic mass is 9.67. The molecule has 0 unspecified atom stereocenters. The first-order chi connectivity index (χ1) is 7.82. The van der Waals surface area contributed by atoms with Gasteiger partial charge in [0.1, 0.15) is 5.82 Å². The van der Waals surface area contributed by atoms with Crippen molar-refractivity contribution in [3.05, 3.63) is 34.6 Å². The quantitative estimate of drug-likeness (QED) is 0.798. The molecule has 0 heterocycles. The molecule has 0 saturated heterocycles. The lowest BCUT2D eigenvalue weighted by molar-refractivity contribution is 0.165.